The SMILES string of the molecule is N#C/C(=C/c1ccc(C(=O)O)cc1)c1ccc([N+](=O)[O-])cc1. The Labute approximate surface area is 125 Å². The number of carbonyl (C=O) groups is 1. The minimum atomic E-state index is -1.02. The van der Waals surface area contributed by atoms with E-state index in [1.807, 2.05) is 6.07 Å². The van der Waals surface area contributed by atoms with Crippen LogP contribution >= 0.6 is 0 Å². The molecular formula is C16H10N2O4. The van der Waals surface area contributed by atoms with E-state index in [0.717, 1.165) is 0 Å². The van der Waals surface area contributed by atoms with Gasteiger partial charge in [0.2, 0.25) is 0 Å². The van der Waals surface area contributed by atoms with Gasteiger partial charge in [-0.3, -0.25) is 10.1 Å². The highest BCUT2D eigenvalue weighted by Crippen LogP contribution is 2.21. The number of carboxylic acid groups (broad SMARTS) is 1. The molecule has 108 valence electrons. The van der Waals surface area contributed by atoms with Crippen molar-refractivity contribution in [2.24, 2.45) is 0 Å². The molecule has 2 aromatic rings. The zero-order valence-corrected chi connectivity index (χ0v) is 11.3. The monoisotopic (exact) mass is 294 g/mol. The van der Waals surface area contributed by atoms with E-state index in [-0.39, 0.29) is 11.3 Å². The maximum absolute atomic E-state index is 10.8. The molecule has 6 heteroatoms. The van der Waals surface area contributed by atoms with E-state index in [9.17, 15) is 20.2 Å². The topological polar surface area (TPSA) is 104 Å². The average molecular weight is 294 g/mol. The number of rotatable bonds is 4. The molecule has 0 unspecified atom stereocenters. The van der Waals surface area contributed by atoms with Gasteiger partial charge in [0, 0.05) is 12.1 Å². The third-order valence-corrected chi connectivity index (χ3v) is 2.98. The van der Waals surface area contributed by atoms with Crippen molar-refractivity contribution >= 4 is 23.3 Å². The second-order valence-corrected chi connectivity index (χ2v) is 4.40. The molecule has 0 atom stereocenters. The minimum absolute atomic E-state index is 0.0492. The van der Waals surface area contributed by atoms with E-state index in [0.29, 0.717) is 16.7 Å². The molecule has 0 saturated heterocycles. The highest BCUT2D eigenvalue weighted by Gasteiger charge is 2.07. The summed E-state index contributed by atoms with van der Waals surface area (Å²) >= 11 is 0. The molecule has 0 fully saturated rings. The second-order valence-electron chi connectivity index (χ2n) is 4.40. The van der Waals surface area contributed by atoms with Crippen molar-refractivity contribution in [1.29, 1.82) is 5.26 Å². The first-order valence-corrected chi connectivity index (χ1v) is 6.21. The molecule has 0 bridgehead atoms. The number of hydrogen-bond donors (Lipinski definition) is 1. The lowest BCUT2D eigenvalue weighted by molar-refractivity contribution is -0.384. The summed E-state index contributed by atoms with van der Waals surface area (Å²) in [6, 6.07) is 13.7. The zero-order chi connectivity index (χ0) is 16.1. The second kappa shape index (κ2) is 6.33. The normalized spacial score (nSPS) is 10.8. The first kappa shape index (κ1) is 14.9. The number of aromatic carboxylic acids is 1. The van der Waals surface area contributed by atoms with Gasteiger partial charge in [-0.05, 0) is 41.5 Å². The number of carboxylic acids is 1. The minimum Gasteiger partial charge on any atom is -0.478 e. The van der Waals surface area contributed by atoms with Gasteiger partial charge >= 0.3 is 5.97 Å². The van der Waals surface area contributed by atoms with Crippen LogP contribution in [-0.2, 0) is 0 Å². The van der Waals surface area contributed by atoms with Gasteiger partial charge in [-0.1, -0.05) is 12.1 Å². The Bertz CT molecular complexity index is 784. The molecule has 6 nitrogen and oxygen atoms in total. The Hall–Kier alpha value is -3.46. The first-order valence-electron chi connectivity index (χ1n) is 6.21. The molecule has 0 aliphatic rings. The molecule has 0 aliphatic heterocycles. The van der Waals surface area contributed by atoms with Crippen LogP contribution in [0.1, 0.15) is 21.5 Å². The van der Waals surface area contributed by atoms with Crippen LogP contribution in [0, 0.1) is 21.4 Å². The number of nitro benzene ring substituents is 1. The smallest absolute Gasteiger partial charge is 0.335 e. The summed E-state index contributed by atoms with van der Waals surface area (Å²) in [6.45, 7) is 0. The molecule has 0 aliphatic carbocycles. The van der Waals surface area contributed by atoms with Crippen LogP contribution in [0.25, 0.3) is 11.6 Å². The van der Waals surface area contributed by atoms with Crippen LogP contribution in [0.5, 0.6) is 0 Å². The fourth-order valence-corrected chi connectivity index (χ4v) is 1.83. The number of non-ortho nitro benzene ring substituents is 1. The van der Waals surface area contributed by atoms with Crippen molar-refractivity contribution in [2.45, 2.75) is 0 Å². The molecule has 2 rings (SSSR count). The molecule has 0 radical (unpaired) electrons. The van der Waals surface area contributed by atoms with Crippen LogP contribution < -0.4 is 0 Å². The van der Waals surface area contributed by atoms with E-state index in [1.54, 1.807) is 18.2 Å². The summed E-state index contributed by atoms with van der Waals surface area (Å²) in [6.07, 6.45) is 1.59. The van der Waals surface area contributed by atoms with Crippen LogP contribution in [0.2, 0.25) is 0 Å². The first-order chi connectivity index (χ1) is 10.5. The van der Waals surface area contributed by atoms with Crippen molar-refractivity contribution in [3.05, 3.63) is 75.3 Å². The van der Waals surface area contributed by atoms with Gasteiger partial charge < -0.3 is 5.11 Å². The Kier molecular flexibility index (Phi) is 4.30. The van der Waals surface area contributed by atoms with Crippen LogP contribution in [0.3, 0.4) is 0 Å². The summed E-state index contributed by atoms with van der Waals surface area (Å²) in [5, 5.41) is 28.7. The number of hydrogen-bond acceptors (Lipinski definition) is 4. The van der Waals surface area contributed by atoms with Crippen molar-refractivity contribution in [1.82, 2.24) is 0 Å². The third-order valence-electron chi connectivity index (χ3n) is 2.98. The number of allylic oxidation sites excluding steroid dienone is 1. The van der Waals surface area contributed by atoms with Crippen LogP contribution in [-0.4, -0.2) is 16.0 Å². The van der Waals surface area contributed by atoms with Gasteiger partial charge in [0.1, 0.15) is 0 Å². The Morgan fingerprint density at radius 2 is 1.64 bits per heavy atom. The molecular weight excluding hydrogens is 284 g/mol. The van der Waals surface area contributed by atoms with E-state index < -0.39 is 10.9 Å². The van der Waals surface area contributed by atoms with Gasteiger partial charge in [-0.15, -0.1) is 0 Å². The van der Waals surface area contributed by atoms with Crippen molar-refractivity contribution in [2.75, 3.05) is 0 Å². The maximum Gasteiger partial charge on any atom is 0.335 e. The van der Waals surface area contributed by atoms with Crippen molar-refractivity contribution in [3.63, 3.8) is 0 Å². The number of nitro groups is 1. The number of nitriles is 1. The van der Waals surface area contributed by atoms with Gasteiger partial charge in [0.25, 0.3) is 5.69 Å². The fourth-order valence-electron chi connectivity index (χ4n) is 1.83. The van der Waals surface area contributed by atoms with Gasteiger partial charge in [0.15, 0.2) is 0 Å². The Balaban J connectivity index is 2.32. The predicted octanol–water partition coefficient (Wildman–Crippen LogP) is 3.36. The molecule has 0 saturated carbocycles. The lowest BCUT2D eigenvalue weighted by Gasteiger charge is -2.00. The molecule has 0 amide bonds. The highest BCUT2D eigenvalue weighted by atomic mass is 16.6. The summed E-state index contributed by atoms with van der Waals surface area (Å²) in [5.41, 5.74) is 1.66. The van der Waals surface area contributed by atoms with E-state index in [2.05, 4.69) is 0 Å². The molecule has 2 aromatic carbocycles. The maximum atomic E-state index is 10.8. The zero-order valence-electron chi connectivity index (χ0n) is 11.3. The summed E-state index contributed by atoms with van der Waals surface area (Å²) in [4.78, 5) is 20.9. The standard InChI is InChI=1S/C16H10N2O4/c17-10-14(12-5-7-15(8-6-12)18(21)22)9-11-1-3-13(4-2-11)16(19)20/h1-9H,(H,19,20)/b14-9-. The largest absolute Gasteiger partial charge is 0.478 e. The van der Waals surface area contributed by atoms with E-state index in [4.69, 9.17) is 5.11 Å². The summed E-state index contributed by atoms with van der Waals surface area (Å²) < 4.78 is 0. The quantitative estimate of drug-likeness (QED) is 0.403. The molecule has 22 heavy (non-hydrogen) atoms. The van der Waals surface area contributed by atoms with E-state index >= 15 is 0 Å². The lowest BCUT2D eigenvalue weighted by atomic mass is 10.0. The molecule has 1 N–H and O–H groups in total. The molecule has 0 aromatic heterocycles. The lowest BCUT2D eigenvalue weighted by Crippen LogP contribution is -1.95. The van der Waals surface area contributed by atoms with Crippen LogP contribution in [0.15, 0.2) is 48.5 Å². The summed E-state index contributed by atoms with van der Waals surface area (Å²) in [7, 11) is 0. The Morgan fingerprint density at radius 1 is 1.09 bits per heavy atom. The third kappa shape index (κ3) is 3.35. The highest BCUT2D eigenvalue weighted by molar-refractivity contribution is 5.91. The number of nitrogens with zero attached hydrogens (tertiary/aromatic N) is 2. The number of benzene rings is 2. The van der Waals surface area contributed by atoms with Gasteiger partial charge in [-0.2, -0.15) is 5.26 Å². The predicted molar refractivity (Wildman–Crippen MR) is 80.0 cm³/mol. The molecule has 0 heterocycles. The van der Waals surface area contributed by atoms with Gasteiger partial charge in [-0.25, -0.2) is 4.79 Å². The van der Waals surface area contributed by atoms with E-state index in [1.165, 1.54) is 36.4 Å². The summed E-state index contributed by atoms with van der Waals surface area (Å²) in [5.74, 6) is -1.02. The van der Waals surface area contributed by atoms with Crippen LogP contribution in [0.4, 0.5) is 5.69 Å². The Morgan fingerprint density at radius 3 is 2.09 bits per heavy atom. The van der Waals surface area contributed by atoms with Crippen molar-refractivity contribution < 1.29 is 14.8 Å². The fraction of sp³-hybridized carbons (Fsp3) is 0. The average Bonchev–Trinajstić information content (AvgIpc) is 2.53. The molecule has 0 spiro atoms. The van der Waals surface area contributed by atoms with Gasteiger partial charge in [0.05, 0.1) is 22.1 Å². The van der Waals surface area contributed by atoms with Crippen molar-refractivity contribution in [3.8, 4) is 6.07 Å².